The molecule has 23 heavy (non-hydrogen) atoms. The summed E-state index contributed by atoms with van der Waals surface area (Å²) in [5.74, 6) is 0.0993. The smallest absolute Gasteiger partial charge is 0.214 e. The van der Waals surface area contributed by atoms with Crippen LogP contribution in [0.5, 0.6) is 0 Å². The van der Waals surface area contributed by atoms with E-state index in [0.29, 0.717) is 13.0 Å². The van der Waals surface area contributed by atoms with Gasteiger partial charge in [0.25, 0.3) is 0 Å². The number of hydrogen-bond acceptors (Lipinski definition) is 4. The Bertz CT molecular complexity index is 669. The zero-order valence-electron chi connectivity index (χ0n) is 13.3. The van der Waals surface area contributed by atoms with Crippen molar-refractivity contribution in [2.45, 2.75) is 32.4 Å². The summed E-state index contributed by atoms with van der Waals surface area (Å²) in [6, 6.07) is 13.1. The molecule has 1 heterocycles. The fourth-order valence-corrected chi connectivity index (χ4v) is 4.84. The molecule has 0 fully saturated rings. The molecule has 2 aromatic rings. The van der Waals surface area contributed by atoms with Crippen LogP contribution < -0.4 is 0 Å². The zero-order valence-corrected chi connectivity index (χ0v) is 14.9. The Morgan fingerprint density at radius 2 is 1.91 bits per heavy atom. The normalized spacial score (nSPS) is 13.3. The Morgan fingerprint density at radius 1 is 1.17 bits per heavy atom. The summed E-state index contributed by atoms with van der Waals surface area (Å²) in [6.07, 6.45) is 1.36. The molecule has 6 heteroatoms. The van der Waals surface area contributed by atoms with E-state index in [4.69, 9.17) is 0 Å². The first-order valence-electron chi connectivity index (χ1n) is 7.69. The maximum absolute atomic E-state index is 12.7. The van der Waals surface area contributed by atoms with E-state index in [1.54, 1.807) is 18.3 Å². The summed E-state index contributed by atoms with van der Waals surface area (Å²) in [5.41, 5.74) is 0.926. The van der Waals surface area contributed by atoms with Crippen LogP contribution in [-0.4, -0.2) is 36.2 Å². The highest BCUT2D eigenvalue weighted by molar-refractivity contribution is 7.89. The van der Waals surface area contributed by atoms with E-state index in [1.165, 1.54) is 9.18 Å². The summed E-state index contributed by atoms with van der Waals surface area (Å²) in [6.45, 7) is 1.85. The second-order valence-electron chi connectivity index (χ2n) is 5.56. The minimum Gasteiger partial charge on any atom is -0.395 e. The molecule has 1 atom stereocenters. The molecule has 0 radical (unpaired) electrons. The van der Waals surface area contributed by atoms with Gasteiger partial charge in [0.15, 0.2) is 0 Å². The quantitative estimate of drug-likeness (QED) is 0.754. The van der Waals surface area contributed by atoms with E-state index in [0.717, 1.165) is 12.0 Å². The van der Waals surface area contributed by atoms with Gasteiger partial charge >= 0.3 is 0 Å². The van der Waals surface area contributed by atoms with Crippen LogP contribution in [0.2, 0.25) is 0 Å². The van der Waals surface area contributed by atoms with E-state index in [2.05, 4.69) is 0 Å². The minimum atomic E-state index is -3.41. The third kappa shape index (κ3) is 5.42. The number of aliphatic hydroxyl groups is 1. The molecule has 0 spiro atoms. The fraction of sp³-hybridized carbons (Fsp3) is 0.412. The van der Waals surface area contributed by atoms with Crippen LogP contribution in [0, 0.1) is 0 Å². The van der Waals surface area contributed by atoms with Gasteiger partial charge in [-0.2, -0.15) is 4.31 Å². The number of nitrogens with zero attached hydrogens (tertiary/aromatic N) is 1. The van der Waals surface area contributed by atoms with Gasteiger partial charge in [-0.25, -0.2) is 8.42 Å². The SMILES string of the molecule is C[C@H](CO)N(Cc1ccccc1)S(=O)(=O)CCCc1cccs1. The number of thiophene rings is 1. The van der Waals surface area contributed by atoms with Gasteiger partial charge in [0.2, 0.25) is 10.0 Å². The zero-order chi connectivity index (χ0) is 16.7. The largest absolute Gasteiger partial charge is 0.395 e. The van der Waals surface area contributed by atoms with Crippen LogP contribution in [0.1, 0.15) is 23.8 Å². The molecular formula is C17H23NO3S2. The topological polar surface area (TPSA) is 57.6 Å². The van der Waals surface area contributed by atoms with Crippen LogP contribution in [0.3, 0.4) is 0 Å². The van der Waals surface area contributed by atoms with Gasteiger partial charge in [-0.3, -0.25) is 0 Å². The second-order valence-corrected chi connectivity index (χ2v) is 8.63. The molecule has 1 aromatic carbocycles. The number of aliphatic hydroxyl groups excluding tert-OH is 1. The molecule has 0 aliphatic carbocycles. The summed E-state index contributed by atoms with van der Waals surface area (Å²) in [7, 11) is -3.41. The molecule has 0 unspecified atom stereocenters. The van der Waals surface area contributed by atoms with Gasteiger partial charge in [0.1, 0.15) is 0 Å². The highest BCUT2D eigenvalue weighted by Gasteiger charge is 2.26. The number of aryl methyl sites for hydroxylation is 1. The van der Waals surface area contributed by atoms with Crippen LogP contribution >= 0.6 is 11.3 Å². The van der Waals surface area contributed by atoms with Crippen molar-refractivity contribution in [3.63, 3.8) is 0 Å². The molecule has 0 amide bonds. The highest BCUT2D eigenvalue weighted by atomic mass is 32.2. The molecule has 0 bridgehead atoms. The van der Waals surface area contributed by atoms with Crippen molar-refractivity contribution in [2.75, 3.05) is 12.4 Å². The lowest BCUT2D eigenvalue weighted by atomic mass is 10.2. The number of rotatable bonds is 9. The van der Waals surface area contributed by atoms with Crippen molar-refractivity contribution in [3.05, 3.63) is 58.3 Å². The maximum Gasteiger partial charge on any atom is 0.214 e. The number of hydrogen-bond donors (Lipinski definition) is 1. The first kappa shape index (κ1) is 18.1. The Hall–Kier alpha value is -1.21. The molecule has 2 rings (SSSR count). The van der Waals surface area contributed by atoms with Gasteiger partial charge in [0, 0.05) is 17.5 Å². The van der Waals surface area contributed by atoms with E-state index in [-0.39, 0.29) is 12.4 Å². The second kappa shape index (κ2) is 8.59. The van der Waals surface area contributed by atoms with Crippen molar-refractivity contribution in [2.24, 2.45) is 0 Å². The predicted molar refractivity (Wildman–Crippen MR) is 95.0 cm³/mol. The monoisotopic (exact) mass is 353 g/mol. The molecule has 0 saturated carbocycles. The minimum absolute atomic E-state index is 0.0993. The summed E-state index contributed by atoms with van der Waals surface area (Å²) >= 11 is 1.65. The van der Waals surface area contributed by atoms with Crippen molar-refractivity contribution in [1.29, 1.82) is 0 Å². The summed E-state index contributed by atoms with van der Waals surface area (Å²) < 4.78 is 26.8. The first-order chi connectivity index (χ1) is 11.0. The van der Waals surface area contributed by atoms with Gasteiger partial charge < -0.3 is 5.11 Å². The molecular weight excluding hydrogens is 330 g/mol. The van der Waals surface area contributed by atoms with E-state index < -0.39 is 16.1 Å². The predicted octanol–water partition coefficient (Wildman–Crippen LogP) is 2.89. The van der Waals surface area contributed by atoms with Crippen molar-refractivity contribution in [1.82, 2.24) is 4.31 Å². The number of benzene rings is 1. The third-order valence-electron chi connectivity index (χ3n) is 3.70. The van der Waals surface area contributed by atoms with Gasteiger partial charge in [0.05, 0.1) is 12.4 Å². The molecule has 126 valence electrons. The van der Waals surface area contributed by atoms with Crippen molar-refractivity contribution in [3.8, 4) is 0 Å². The van der Waals surface area contributed by atoms with E-state index >= 15 is 0 Å². The van der Waals surface area contributed by atoms with Crippen LogP contribution in [0.15, 0.2) is 47.8 Å². The van der Waals surface area contributed by atoms with E-state index in [1.807, 2.05) is 47.8 Å². The molecule has 1 aromatic heterocycles. The number of sulfonamides is 1. The average Bonchev–Trinajstić information content (AvgIpc) is 3.06. The lowest BCUT2D eigenvalue weighted by Gasteiger charge is -2.27. The average molecular weight is 354 g/mol. The maximum atomic E-state index is 12.7. The van der Waals surface area contributed by atoms with Gasteiger partial charge in [-0.05, 0) is 36.8 Å². The fourth-order valence-electron chi connectivity index (χ4n) is 2.38. The molecule has 0 aliphatic rings. The molecule has 0 saturated heterocycles. The Kier molecular flexibility index (Phi) is 6.77. The molecule has 0 aliphatic heterocycles. The van der Waals surface area contributed by atoms with Crippen LogP contribution in [0.4, 0.5) is 0 Å². The van der Waals surface area contributed by atoms with Crippen molar-refractivity contribution >= 4 is 21.4 Å². The Balaban J connectivity index is 2.03. The summed E-state index contributed by atoms with van der Waals surface area (Å²) in [5, 5.41) is 11.4. The summed E-state index contributed by atoms with van der Waals surface area (Å²) in [4.78, 5) is 1.20. The highest BCUT2D eigenvalue weighted by Crippen LogP contribution is 2.17. The van der Waals surface area contributed by atoms with Gasteiger partial charge in [-0.15, -0.1) is 11.3 Å². The van der Waals surface area contributed by atoms with Gasteiger partial charge in [-0.1, -0.05) is 36.4 Å². The first-order valence-corrected chi connectivity index (χ1v) is 10.2. The molecule has 4 nitrogen and oxygen atoms in total. The van der Waals surface area contributed by atoms with Crippen LogP contribution in [-0.2, 0) is 23.0 Å². The molecule has 1 N–H and O–H groups in total. The lowest BCUT2D eigenvalue weighted by Crippen LogP contribution is -2.41. The standard InChI is InChI=1S/C17H23NO3S2/c1-15(14-19)18(13-16-7-3-2-4-8-16)23(20,21)12-6-10-17-9-5-11-22-17/h2-5,7-9,11,15,19H,6,10,12-14H2,1H3/t15-/m1/s1. The lowest BCUT2D eigenvalue weighted by molar-refractivity contribution is 0.194. The van der Waals surface area contributed by atoms with Crippen LogP contribution in [0.25, 0.3) is 0 Å². The van der Waals surface area contributed by atoms with E-state index in [9.17, 15) is 13.5 Å². The Morgan fingerprint density at radius 3 is 2.52 bits per heavy atom. The van der Waals surface area contributed by atoms with Crippen molar-refractivity contribution < 1.29 is 13.5 Å². The Labute approximate surface area is 142 Å². The third-order valence-corrected chi connectivity index (χ3v) is 6.64.